The molecule has 0 radical (unpaired) electrons. The fourth-order valence-electron chi connectivity index (χ4n) is 2.56. The summed E-state index contributed by atoms with van der Waals surface area (Å²) in [6.45, 7) is -0.584. The second-order valence-corrected chi connectivity index (χ2v) is 8.52. The summed E-state index contributed by atoms with van der Waals surface area (Å²) in [6, 6.07) is 19.9. The topological polar surface area (TPSA) is 66.5 Å². The average Bonchev–Trinajstić information content (AvgIpc) is 2.69. The highest BCUT2D eigenvalue weighted by molar-refractivity contribution is 9.10. The van der Waals surface area contributed by atoms with E-state index in [1.54, 1.807) is 42.5 Å². The summed E-state index contributed by atoms with van der Waals surface area (Å²) in [5.41, 5.74) is 0.284. The summed E-state index contributed by atoms with van der Waals surface area (Å²) in [7, 11) is -4.15. The van der Waals surface area contributed by atoms with Crippen LogP contribution in [0.3, 0.4) is 0 Å². The molecule has 0 saturated carbocycles. The predicted molar refractivity (Wildman–Crippen MR) is 110 cm³/mol. The standard InChI is InChI=1S/C20H16BrFN2O3S/c21-16-10-4-6-12-18(16)23-20(25)14-24(19-13-7-5-11-17(19)22)28(26,27)15-8-2-1-3-9-15/h1-13H,14H2,(H,23,25). The minimum absolute atomic E-state index is 0.0352. The van der Waals surface area contributed by atoms with Crippen molar-refractivity contribution >= 4 is 43.2 Å². The molecule has 0 aliphatic carbocycles. The zero-order valence-corrected chi connectivity index (χ0v) is 17.0. The zero-order valence-electron chi connectivity index (χ0n) is 14.5. The second kappa shape index (κ2) is 8.53. The summed E-state index contributed by atoms with van der Waals surface area (Å²) in [6.07, 6.45) is 0. The second-order valence-electron chi connectivity index (χ2n) is 5.80. The quantitative estimate of drug-likeness (QED) is 0.589. The van der Waals surface area contributed by atoms with Crippen LogP contribution < -0.4 is 9.62 Å². The molecule has 0 heterocycles. The number of benzene rings is 3. The Morgan fingerprint density at radius 3 is 2.21 bits per heavy atom. The number of amides is 1. The van der Waals surface area contributed by atoms with Crippen molar-refractivity contribution in [2.24, 2.45) is 0 Å². The normalized spacial score (nSPS) is 11.1. The fourth-order valence-corrected chi connectivity index (χ4v) is 4.39. The van der Waals surface area contributed by atoms with Crippen LogP contribution in [0, 0.1) is 5.82 Å². The Balaban J connectivity index is 1.97. The van der Waals surface area contributed by atoms with E-state index < -0.39 is 28.3 Å². The Morgan fingerprint density at radius 1 is 0.929 bits per heavy atom. The molecule has 0 aliphatic rings. The van der Waals surface area contributed by atoms with Gasteiger partial charge in [0.25, 0.3) is 10.0 Å². The first kappa shape index (κ1) is 20.0. The number of halogens is 2. The van der Waals surface area contributed by atoms with Gasteiger partial charge in [-0.3, -0.25) is 9.10 Å². The maximum absolute atomic E-state index is 14.4. The number of carbonyl (C=O) groups is 1. The summed E-state index contributed by atoms with van der Waals surface area (Å²) >= 11 is 3.32. The molecule has 1 N–H and O–H groups in total. The van der Waals surface area contributed by atoms with Gasteiger partial charge in [0, 0.05) is 4.47 Å². The first-order chi connectivity index (χ1) is 13.4. The first-order valence-corrected chi connectivity index (χ1v) is 10.5. The molecule has 0 saturated heterocycles. The molecule has 3 aromatic carbocycles. The average molecular weight is 463 g/mol. The predicted octanol–water partition coefficient (Wildman–Crippen LogP) is 4.42. The number of sulfonamides is 1. The molecule has 0 spiro atoms. The van der Waals surface area contributed by atoms with Crippen LogP contribution in [0.25, 0.3) is 0 Å². The van der Waals surface area contributed by atoms with Crippen molar-refractivity contribution in [3.8, 4) is 0 Å². The Labute approximate surface area is 171 Å². The molecular formula is C20H16BrFN2O3S. The van der Waals surface area contributed by atoms with Gasteiger partial charge in [-0.25, -0.2) is 12.8 Å². The van der Waals surface area contributed by atoms with Crippen molar-refractivity contribution in [2.75, 3.05) is 16.2 Å². The minimum atomic E-state index is -4.15. The van der Waals surface area contributed by atoms with Crippen LogP contribution in [0.5, 0.6) is 0 Å². The van der Waals surface area contributed by atoms with Crippen molar-refractivity contribution in [1.29, 1.82) is 0 Å². The highest BCUT2D eigenvalue weighted by Crippen LogP contribution is 2.27. The molecule has 0 unspecified atom stereocenters. The van der Waals surface area contributed by atoms with Crippen molar-refractivity contribution < 1.29 is 17.6 Å². The van der Waals surface area contributed by atoms with Crippen molar-refractivity contribution in [3.05, 3.63) is 89.2 Å². The lowest BCUT2D eigenvalue weighted by molar-refractivity contribution is -0.114. The van der Waals surface area contributed by atoms with Gasteiger partial charge in [-0.2, -0.15) is 0 Å². The zero-order chi connectivity index (χ0) is 20.1. The first-order valence-electron chi connectivity index (χ1n) is 8.26. The van der Waals surface area contributed by atoms with Crippen LogP contribution in [-0.4, -0.2) is 20.9 Å². The molecule has 144 valence electrons. The van der Waals surface area contributed by atoms with Crippen molar-refractivity contribution in [2.45, 2.75) is 4.90 Å². The van der Waals surface area contributed by atoms with Gasteiger partial charge in [0.2, 0.25) is 5.91 Å². The van der Waals surface area contributed by atoms with E-state index >= 15 is 0 Å². The van der Waals surface area contributed by atoms with E-state index in [0.29, 0.717) is 10.2 Å². The number of nitrogens with one attached hydrogen (secondary N) is 1. The van der Waals surface area contributed by atoms with E-state index in [9.17, 15) is 17.6 Å². The van der Waals surface area contributed by atoms with Gasteiger partial charge in [-0.05, 0) is 52.3 Å². The van der Waals surface area contributed by atoms with E-state index in [1.165, 1.54) is 30.3 Å². The van der Waals surface area contributed by atoms with Crippen LogP contribution in [0.4, 0.5) is 15.8 Å². The van der Waals surface area contributed by atoms with E-state index in [1.807, 2.05) is 0 Å². The Kier molecular flexibility index (Phi) is 6.11. The van der Waals surface area contributed by atoms with Crippen LogP contribution in [0.15, 0.2) is 88.2 Å². The van der Waals surface area contributed by atoms with Crippen LogP contribution in [0.2, 0.25) is 0 Å². The number of nitrogens with zero attached hydrogens (tertiary/aromatic N) is 1. The lowest BCUT2D eigenvalue weighted by Gasteiger charge is -2.24. The van der Waals surface area contributed by atoms with E-state index in [0.717, 1.165) is 10.4 Å². The number of carbonyl (C=O) groups excluding carboxylic acids is 1. The smallest absolute Gasteiger partial charge is 0.264 e. The highest BCUT2D eigenvalue weighted by atomic mass is 79.9. The van der Waals surface area contributed by atoms with Gasteiger partial charge in [0.15, 0.2) is 0 Å². The summed E-state index contributed by atoms with van der Waals surface area (Å²) < 4.78 is 42.0. The number of hydrogen-bond donors (Lipinski definition) is 1. The number of anilines is 2. The third kappa shape index (κ3) is 4.40. The van der Waals surface area contributed by atoms with E-state index in [2.05, 4.69) is 21.2 Å². The van der Waals surface area contributed by atoms with Crippen molar-refractivity contribution in [1.82, 2.24) is 0 Å². The van der Waals surface area contributed by atoms with Crippen LogP contribution in [-0.2, 0) is 14.8 Å². The number of rotatable bonds is 6. The van der Waals surface area contributed by atoms with Crippen LogP contribution >= 0.6 is 15.9 Å². The molecule has 1 amide bonds. The fraction of sp³-hybridized carbons (Fsp3) is 0.0500. The van der Waals surface area contributed by atoms with Gasteiger partial charge in [0.05, 0.1) is 16.3 Å². The molecule has 3 rings (SSSR count). The monoisotopic (exact) mass is 462 g/mol. The molecule has 0 fully saturated rings. The van der Waals surface area contributed by atoms with E-state index in [-0.39, 0.29) is 10.6 Å². The Bertz CT molecular complexity index is 1090. The molecular weight excluding hydrogens is 447 g/mol. The third-order valence-corrected chi connectivity index (χ3v) is 6.35. The summed E-state index contributed by atoms with van der Waals surface area (Å²) in [4.78, 5) is 12.5. The molecule has 0 atom stereocenters. The van der Waals surface area contributed by atoms with Crippen LogP contribution in [0.1, 0.15) is 0 Å². The molecule has 5 nitrogen and oxygen atoms in total. The summed E-state index contributed by atoms with van der Waals surface area (Å²) in [5.74, 6) is -1.34. The van der Waals surface area contributed by atoms with Gasteiger partial charge < -0.3 is 5.32 Å². The maximum atomic E-state index is 14.4. The van der Waals surface area contributed by atoms with Gasteiger partial charge in [-0.15, -0.1) is 0 Å². The minimum Gasteiger partial charge on any atom is -0.323 e. The molecule has 8 heteroatoms. The lowest BCUT2D eigenvalue weighted by atomic mass is 10.3. The Hall–Kier alpha value is -2.71. The van der Waals surface area contributed by atoms with Crippen molar-refractivity contribution in [3.63, 3.8) is 0 Å². The molecule has 0 aliphatic heterocycles. The highest BCUT2D eigenvalue weighted by Gasteiger charge is 2.29. The third-order valence-electron chi connectivity index (χ3n) is 3.89. The van der Waals surface area contributed by atoms with E-state index in [4.69, 9.17) is 0 Å². The number of para-hydroxylation sites is 2. The SMILES string of the molecule is O=C(CN(c1ccccc1F)S(=O)(=O)c1ccccc1)Nc1ccccc1Br. The lowest BCUT2D eigenvalue weighted by Crippen LogP contribution is -2.38. The molecule has 0 aromatic heterocycles. The molecule has 28 heavy (non-hydrogen) atoms. The maximum Gasteiger partial charge on any atom is 0.264 e. The summed E-state index contributed by atoms with van der Waals surface area (Å²) in [5, 5.41) is 2.64. The van der Waals surface area contributed by atoms with Gasteiger partial charge in [-0.1, -0.05) is 42.5 Å². The largest absolute Gasteiger partial charge is 0.323 e. The Morgan fingerprint density at radius 2 is 1.54 bits per heavy atom. The molecule has 3 aromatic rings. The molecule has 0 bridgehead atoms. The van der Waals surface area contributed by atoms with Gasteiger partial charge >= 0.3 is 0 Å². The van der Waals surface area contributed by atoms with Gasteiger partial charge in [0.1, 0.15) is 12.4 Å². The number of hydrogen-bond acceptors (Lipinski definition) is 3.